The largest absolute Gasteiger partial charge is 0.326 e. The number of thioether (sulfide) groups is 1. The summed E-state index contributed by atoms with van der Waals surface area (Å²) in [7, 11) is 0. The first-order valence-corrected chi connectivity index (χ1v) is 12.9. The molecule has 4 rings (SSSR count). The van der Waals surface area contributed by atoms with Crippen molar-refractivity contribution in [2.75, 3.05) is 10.6 Å². The van der Waals surface area contributed by atoms with Crippen molar-refractivity contribution < 1.29 is 9.59 Å². The molecule has 34 heavy (non-hydrogen) atoms. The van der Waals surface area contributed by atoms with Gasteiger partial charge in [-0.1, -0.05) is 55.7 Å². The van der Waals surface area contributed by atoms with Crippen LogP contribution in [0.15, 0.2) is 77.7 Å². The highest BCUT2D eigenvalue weighted by Crippen LogP contribution is 2.37. The Morgan fingerprint density at radius 3 is 2.09 bits per heavy atom. The zero-order valence-corrected chi connectivity index (χ0v) is 20.7. The Labute approximate surface area is 206 Å². The minimum absolute atomic E-state index is 0.0594. The molecule has 1 saturated carbocycles. The first-order valence-electron chi connectivity index (χ1n) is 12.0. The number of hydrogen-bond acceptors (Lipinski definition) is 3. The first-order chi connectivity index (χ1) is 16.5. The molecular weight excluding hydrogens is 440 g/mol. The molecule has 0 heterocycles. The smallest absolute Gasteiger partial charge is 0.242 e. The fourth-order valence-corrected chi connectivity index (χ4v) is 5.54. The van der Waals surface area contributed by atoms with Crippen LogP contribution in [0, 0.1) is 19.8 Å². The van der Waals surface area contributed by atoms with Crippen LogP contribution in [-0.2, 0) is 9.59 Å². The lowest BCUT2D eigenvalue weighted by Gasteiger charge is -2.21. The third-order valence-corrected chi connectivity index (χ3v) is 7.45. The molecule has 0 aliphatic heterocycles. The van der Waals surface area contributed by atoms with Crippen molar-refractivity contribution >= 4 is 35.0 Å². The molecule has 0 radical (unpaired) electrons. The van der Waals surface area contributed by atoms with E-state index < -0.39 is 5.25 Å². The molecule has 5 heteroatoms. The third kappa shape index (κ3) is 6.51. The van der Waals surface area contributed by atoms with E-state index >= 15 is 0 Å². The normalized spacial score (nSPS) is 14.9. The Hall–Kier alpha value is -3.05. The summed E-state index contributed by atoms with van der Waals surface area (Å²) in [5.41, 5.74) is 4.79. The Bertz CT molecular complexity index is 1100. The van der Waals surface area contributed by atoms with Gasteiger partial charge in [0.15, 0.2) is 0 Å². The van der Waals surface area contributed by atoms with Crippen LogP contribution in [0.2, 0.25) is 0 Å². The monoisotopic (exact) mass is 472 g/mol. The average Bonchev–Trinajstić information content (AvgIpc) is 2.84. The van der Waals surface area contributed by atoms with Gasteiger partial charge in [0.05, 0.1) is 0 Å². The molecule has 2 amide bonds. The molecule has 1 aliphatic carbocycles. The van der Waals surface area contributed by atoms with Crippen molar-refractivity contribution in [1.82, 2.24) is 0 Å². The maximum Gasteiger partial charge on any atom is 0.242 e. The molecule has 1 unspecified atom stereocenters. The second-order valence-corrected chi connectivity index (χ2v) is 10.3. The standard InChI is InChI=1S/C29H32N2O2S/c1-20-17-21(2)19-25(18-20)31-29(33)27(22-9-5-3-6-10-22)34-26-15-13-24(14-16-26)30-28(32)23-11-7-4-8-12-23/h3,5-6,9-10,13-19,23,27H,4,7-8,11-12H2,1-2H3,(H,30,32)(H,31,33). The summed E-state index contributed by atoms with van der Waals surface area (Å²) in [5.74, 6) is 0.185. The van der Waals surface area contributed by atoms with Crippen LogP contribution in [0.4, 0.5) is 11.4 Å². The SMILES string of the molecule is Cc1cc(C)cc(NC(=O)C(Sc2ccc(NC(=O)C3CCCCC3)cc2)c2ccccc2)c1. The van der Waals surface area contributed by atoms with E-state index in [1.165, 1.54) is 18.2 Å². The van der Waals surface area contributed by atoms with Crippen molar-refractivity contribution in [2.24, 2.45) is 5.92 Å². The van der Waals surface area contributed by atoms with Crippen molar-refractivity contribution in [3.8, 4) is 0 Å². The fraction of sp³-hybridized carbons (Fsp3) is 0.310. The van der Waals surface area contributed by atoms with Gasteiger partial charge in [-0.3, -0.25) is 9.59 Å². The average molecular weight is 473 g/mol. The Morgan fingerprint density at radius 2 is 1.44 bits per heavy atom. The number of hydrogen-bond donors (Lipinski definition) is 2. The van der Waals surface area contributed by atoms with Gasteiger partial charge in [-0.25, -0.2) is 0 Å². The number of amides is 2. The summed E-state index contributed by atoms with van der Waals surface area (Å²) in [6, 6.07) is 23.7. The molecule has 4 nitrogen and oxygen atoms in total. The van der Waals surface area contributed by atoms with Crippen LogP contribution in [0.25, 0.3) is 0 Å². The van der Waals surface area contributed by atoms with Crippen LogP contribution in [0.1, 0.15) is 54.0 Å². The minimum atomic E-state index is -0.398. The van der Waals surface area contributed by atoms with Crippen molar-refractivity contribution in [1.29, 1.82) is 0 Å². The van der Waals surface area contributed by atoms with Gasteiger partial charge in [-0.05, 0) is 79.8 Å². The van der Waals surface area contributed by atoms with Gasteiger partial charge in [0.1, 0.15) is 5.25 Å². The Kier molecular flexibility index (Phi) is 8.07. The van der Waals surface area contributed by atoms with E-state index in [0.717, 1.165) is 58.6 Å². The van der Waals surface area contributed by atoms with Gasteiger partial charge in [0.25, 0.3) is 0 Å². The van der Waals surface area contributed by atoms with Gasteiger partial charge in [0, 0.05) is 22.2 Å². The molecule has 2 N–H and O–H groups in total. The highest BCUT2D eigenvalue weighted by molar-refractivity contribution is 8.00. The van der Waals surface area contributed by atoms with Gasteiger partial charge in [-0.15, -0.1) is 11.8 Å². The van der Waals surface area contributed by atoms with E-state index in [9.17, 15) is 9.59 Å². The van der Waals surface area contributed by atoms with Crippen LogP contribution >= 0.6 is 11.8 Å². The van der Waals surface area contributed by atoms with E-state index in [-0.39, 0.29) is 17.7 Å². The molecule has 3 aromatic rings. The number of nitrogens with one attached hydrogen (secondary N) is 2. The van der Waals surface area contributed by atoms with Crippen LogP contribution in [0.3, 0.4) is 0 Å². The van der Waals surface area contributed by atoms with Crippen molar-refractivity contribution in [3.05, 3.63) is 89.5 Å². The second-order valence-electron chi connectivity index (χ2n) is 9.12. The topological polar surface area (TPSA) is 58.2 Å². The van der Waals surface area contributed by atoms with Crippen LogP contribution < -0.4 is 10.6 Å². The lowest BCUT2D eigenvalue weighted by molar-refractivity contribution is -0.120. The predicted octanol–water partition coefficient (Wildman–Crippen LogP) is 7.29. The maximum atomic E-state index is 13.3. The van der Waals surface area contributed by atoms with Gasteiger partial charge < -0.3 is 10.6 Å². The van der Waals surface area contributed by atoms with Gasteiger partial charge >= 0.3 is 0 Å². The predicted molar refractivity (Wildman–Crippen MR) is 141 cm³/mol. The maximum absolute atomic E-state index is 13.3. The third-order valence-electron chi connectivity index (χ3n) is 6.18. The van der Waals surface area contributed by atoms with E-state index in [0.29, 0.717) is 0 Å². The number of benzene rings is 3. The second kappa shape index (κ2) is 11.4. The van der Waals surface area contributed by atoms with Crippen LogP contribution in [0.5, 0.6) is 0 Å². The minimum Gasteiger partial charge on any atom is -0.326 e. The quantitative estimate of drug-likeness (QED) is 0.355. The highest BCUT2D eigenvalue weighted by Gasteiger charge is 2.23. The Balaban J connectivity index is 1.47. The number of carbonyl (C=O) groups is 2. The zero-order chi connectivity index (χ0) is 23.9. The molecule has 0 saturated heterocycles. The molecule has 3 aromatic carbocycles. The molecule has 0 aromatic heterocycles. The van der Waals surface area contributed by atoms with E-state index in [1.807, 2.05) is 80.6 Å². The summed E-state index contributed by atoms with van der Waals surface area (Å²) < 4.78 is 0. The number of aryl methyl sites for hydroxylation is 2. The molecule has 0 spiro atoms. The summed E-state index contributed by atoms with van der Waals surface area (Å²) in [6.45, 7) is 4.06. The summed E-state index contributed by atoms with van der Waals surface area (Å²) in [4.78, 5) is 26.9. The van der Waals surface area contributed by atoms with Crippen molar-refractivity contribution in [3.63, 3.8) is 0 Å². The number of anilines is 2. The summed E-state index contributed by atoms with van der Waals surface area (Å²) in [5, 5.41) is 5.76. The first kappa shape index (κ1) is 24.1. The van der Waals surface area contributed by atoms with E-state index in [4.69, 9.17) is 0 Å². The zero-order valence-electron chi connectivity index (χ0n) is 19.8. The number of carbonyl (C=O) groups excluding carboxylic acids is 2. The van der Waals surface area contributed by atoms with Crippen molar-refractivity contribution in [2.45, 2.75) is 56.1 Å². The van der Waals surface area contributed by atoms with Gasteiger partial charge in [0.2, 0.25) is 11.8 Å². The summed E-state index contributed by atoms with van der Waals surface area (Å²) in [6.07, 6.45) is 5.47. The molecule has 1 fully saturated rings. The highest BCUT2D eigenvalue weighted by atomic mass is 32.2. The Morgan fingerprint density at radius 1 is 0.794 bits per heavy atom. The molecule has 1 aliphatic rings. The van der Waals surface area contributed by atoms with Gasteiger partial charge in [-0.2, -0.15) is 0 Å². The molecule has 0 bridgehead atoms. The lowest BCUT2D eigenvalue weighted by atomic mass is 9.88. The number of rotatable bonds is 7. The fourth-order valence-electron chi connectivity index (χ4n) is 4.52. The summed E-state index contributed by atoms with van der Waals surface area (Å²) >= 11 is 1.51. The van der Waals surface area contributed by atoms with E-state index in [2.05, 4.69) is 16.7 Å². The molecular formula is C29H32N2O2S. The van der Waals surface area contributed by atoms with Crippen LogP contribution in [-0.4, -0.2) is 11.8 Å². The van der Waals surface area contributed by atoms with E-state index in [1.54, 1.807) is 0 Å². The molecule has 1 atom stereocenters. The lowest BCUT2D eigenvalue weighted by Crippen LogP contribution is -2.24. The molecule has 176 valence electrons.